The Balaban J connectivity index is 1.49. The van der Waals surface area contributed by atoms with Gasteiger partial charge in [0.05, 0.1) is 25.5 Å². The van der Waals surface area contributed by atoms with Crippen LogP contribution in [0.3, 0.4) is 0 Å². The number of thioether (sulfide) groups is 1. The van der Waals surface area contributed by atoms with Gasteiger partial charge in [-0.05, 0) is 61.7 Å². The lowest BCUT2D eigenvalue weighted by atomic mass is 10.2. The lowest BCUT2D eigenvalue weighted by molar-refractivity contribution is -0.113. The van der Waals surface area contributed by atoms with Crippen molar-refractivity contribution in [3.63, 3.8) is 0 Å². The topological polar surface area (TPSA) is 78.3 Å². The number of halogens is 1. The van der Waals surface area contributed by atoms with E-state index >= 15 is 0 Å². The number of aromatic nitrogens is 3. The van der Waals surface area contributed by atoms with E-state index in [-0.39, 0.29) is 23.6 Å². The molecule has 168 valence electrons. The van der Waals surface area contributed by atoms with E-state index in [0.717, 1.165) is 30.8 Å². The van der Waals surface area contributed by atoms with Crippen LogP contribution in [0.15, 0.2) is 47.6 Å². The molecule has 1 fully saturated rings. The predicted octanol–water partition coefficient (Wildman–Crippen LogP) is 4.31. The second-order valence-electron chi connectivity index (χ2n) is 7.58. The third kappa shape index (κ3) is 5.28. The maximum Gasteiger partial charge on any atom is 0.234 e. The quantitative estimate of drug-likeness (QED) is 0.509. The van der Waals surface area contributed by atoms with Crippen molar-refractivity contribution in [1.82, 2.24) is 14.8 Å². The Labute approximate surface area is 190 Å². The minimum absolute atomic E-state index is 0.0895. The van der Waals surface area contributed by atoms with Crippen molar-refractivity contribution in [2.45, 2.75) is 37.6 Å². The smallest absolute Gasteiger partial charge is 0.234 e. The molecule has 0 bridgehead atoms. The van der Waals surface area contributed by atoms with Gasteiger partial charge in [0, 0.05) is 17.9 Å². The summed E-state index contributed by atoms with van der Waals surface area (Å²) in [6.07, 6.45) is 2.10. The molecule has 1 aliphatic rings. The number of anilines is 1. The lowest BCUT2D eigenvalue weighted by Crippen LogP contribution is -2.18. The number of nitrogens with one attached hydrogen (secondary N) is 1. The van der Waals surface area contributed by atoms with Gasteiger partial charge in [-0.2, -0.15) is 0 Å². The van der Waals surface area contributed by atoms with Crippen molar-refractivity contribution in [2.24, 2.45) is 0 Å². The maximum absolute atomic E-state index is 13.7. The van der Waals surface area contributed by atoms with Crippen LogP contribution in [0.25, 0.3) is 11.4 Å². The van der Waals surface area contributed by atoms with Gasteiger partial charge in [0.15, 0.2) is 11.0 Å². The Morgan fingerprint density at radius 3 is 2.78 bits per heavy atom. The summed E-state index contributed by atoms with van der Waals surface area (Å²) in [6.45, 7) is 3.04. The number of rotatable bonds is 8. The summed E-state index contributed by atoms with van der Waals surface area (Å²) in [5.41, 5.74) is 1.87. The summed E-state index contributed by atoms with van der Waals surface area (Å²) < 4.78 is 26.8. The maximum atomic E-state index is 13.7. The first-order valence-electron chi connectivity index (χ1n) is 10.4. The van der Waals surface area contributed by atoms with E-state index in [1.165, 1.54) is 17.8 Å². The number of nitrogens with zero attached hydrogens (tertiary/aromatic N) is 3. The highest BCUT2D eigenvalue weighted by atomic mass is 32.2. The van der Waals surface area contributed by atoms with Crippen LogP contribution >= 0.6 is 11.8 Å². The Kier molecular flexibility index (Phi) is 7.06. The fourth-order valence-electron chi connectivity index (χ4n) is 3.50. The van der Waals surface area contributed by atoms with Gasteiger partial charge in [-0.3, -0.25) is 9.36 Å². The second kappa shape index (κ2) is 10.1. The van der Waals surface area contributed by atoms with Crippen LogP contribution in [-0.4, -0.2) is 46.2 Å². The summed E-state index contributed by atoms with van der Waals surface area (Å²) in [6, 6.07) is 12.3. The summed E-state index contributed by atoms with van der Waals surface area (Å²) in [5.74, 6) is 1.01. The van der Waals surface area contributed by atoms with Gasteiger partial charge in [-0.15, -0.1) is 10.2 Å². The fourth-order valence-corrected chi connectivity index (χ4v) is 4.25. The molecule has 4 rings (SSSR count). The number of carbonyl (C=O) groups is 1. The molecule has 1 N–H and O–H groups in total. The molecule has 1 amide bonds. The molecule has 9 heteroatoms. The van der Waals surface area contributed by atoms with Crippen molar-refractivity contribution in [3.8, 4) is 17.1 Å². The third-order valence-corrected chi connectivity index (χ3v) is 6.23. The van der Waals surface area contributed by atoms with Gasteiger partial charge in [-0.1, -0.05) is 17.8 Å². The number of methoxy groups -OCH3 is 1. The van der Waals surface area contributed by atoms with Crippen LogP contribution in [0.4, 0.5) is 10.1 Å². The molecule has 1 aromatic heterocycles. The highest BCUT2D eigenvalue weighted by Gasteiger charge is 2.22. The molecule has 7 nitrogen and oxygen atoms in total. The van der Waals surface area contributed by atoms with Gasteiger partial charge >= 0.3 is 0 Å². The molecular weight excluding hydrogens is 431 g/mol. The number of hydrogen-bond donors (Lipinski definition) is 1. The average Bonchev–Trinajstić information content (AvgIpc) is 3.45. The first-order valence-corrected chi connectivity index (χ1v) is 11.4. The number of aryl methyl sites for hydroxylation is 1. The number of ether oxygens (including phenoxy) is 2. The fraction of sp³-hybridized carbons (Fsp3) is 0.348. The summed E-state index contributed by atoms with van der Waals surface area (Å²) in [7, 11) is 1.62. The summed E-state index contributed by atoms with van der Waals surface area (Å²) in [4.78, 5) is 12.4. The first-order chi connectivity index (χ1) is 15.5. The van der Waals surface area contributed by atoms with Gasteiger partial charge < -0.3 is 14.8 Å². The van der Waals surface area contributed by atoms with Gasteiger partial charge in [0.2, 0.25) is 5.91 Å². The van der Waals surface area contributed by atoms with E-state index in [4.69, 9.17) is 9.47 Å². The highest BCUT2D eigenvalue weighted by molar-refractivity contribution is 7.99. The van der Waals surface area contributed by atoms with E-state index in [1.54, 1.807) is 26.2 Å². The molecule has 0 radical (unpaired) electrons. The molecule has 1 atom stereocenters. The number of amides is 1. The Hall–Kier alpha value is -2.91. The minimum atomic E-state index is -0.351. The van der Waals surface area contributed by atoms with Gasteiger partial charge in [0.1, 0.15) is 11.6 Å². The molecule has 0 spiro atoms. The molecule has 0 aliphatic carbocycles. The van der Waals surface area contributed by atoms with Crippen molar-refractivity contribution in [1.29, 1.82) is 0 Å². The zero-order chi connectivity index (χ0) is 22.5. The van der Waals surface area contributed by atoms with Crippen LogP contribution in [0.1, 0.15) is 18.4 Å². The SMILES string of the molecule is COc1ccc(-c2nnc(SCC(=O)Nc3ccc(C)c(F)c3)n2CC2CCCO2)cc1. The normalized spacial score (nSPS) is 15.7. The van der Waals surface area contributed by atoms with E-state index in [2.05, 4.69) is 15.5 Å². The van der Waals surface area contributed by atoms with E-state index in [9.17, 15) is 9.18 Å². The standard InChI is InChI=1S/C23H25FN4O3S/c1-15-5-8-17(12-20(15)24)25-21(29)14-32-23-27-26-22(16-6-9-18(30-2)10-7-16)28(23)13-19-4-3-11-31-19/h5-10,12,19H,3-4,11,13-14H2,1-2H3,(H,25,29). The van der Waals surface area contributed by atoms with Crippen LogP contribution in [0.2, 0.25) is 0 Å². The molecule has 1 aliphatic heterocycles. The van der Waals surface area contributed by atoms with E-state index < -0.39 is 0 Å². The zero-order valence-electron chi connectivity index (χ0n) is 18.0. The summed E-state index contributed by atoms with van der Waals surface area (Å²) >= 11 is 1.29. The monoisotopic (exact) mass is 456 g/mol. The molecule has 3 aromatic rings. The van der Waals surface area contributed by atoms with Crippen molar-refractivity contribution in [3.05, 3.63) is 53.8 Å². The van der Waals surface area contributed by atoms with Crippen LogP contribution in [0, 0.1) is 12.7 Å². The van der Waals surface area contributed by atoms with Gasteiger partial charge in [0.25, 0.3) is 0 Å². The Morgan fingerprint density at radius 1 is 1.28 bits per heavy atom. The number of carbonyl (C=O) groups excluding carboxylic acids is 1. The minimum Gasteiger partial charge on any atom is -0.497 e. The van der Waals surface area contributed by atoms with Crippen LogP contribution < -0.4 is 10.1 Å². The van der Waals surface area contributed by atoms with Crippen molar-refractivity contribution < 1.29 is 18.7 Å². The Morgan fingerprint density at radius 2 is 2.09 bits per heavy atom. The molecule has 0 saturated carbocycles. The summed E-state index contributed by atoms with van der Waals surface area (Å²) in [5, 5.41) is 12.1. The highest BCUT2D eigenvalue weighted by Crippen LogP contribution is 2.28. The largest absolute Gasteiger partial charge is 0.497 e. The molecule has 2 aromatic carbocycles. The predicted molar refractivity (Wildman–Crippen MR) is 121 cm³/mol. The zero-order valence-corrected chi connectivity index (χ0v) is 18.8. The molecule has 2 heterocycles. The van der Waals surface area contributed by atoms with Crippen LogP contribution in [-0.2, 0) is 16.1 Å². The molecular formula is C23H25FN4O3S. The number of benzene rings is 2. The first kappa shape index (κ1) is 22.3. The van der Waals surface area contributed by atoms with Crippen LogP contribution in [0.5, 0.6) is 5.75 Å². The Bertz CT molecular complexity index is 1080. The molecule has 1 unspecified atom stereocenters. The molecule has 1 saturated heterocycles. The van der Waals surface area contributed by atoms with E-state index in [1.807, 2.05) is 28.8 Å². The number of hydrogen-bond acceptors (Lipinski definition) is 6. The molecule has 32 heavy (non-hydrogen) atoms. The second-order valence-corrected chi connectivity index (χ2v) is 8.52. The lowest BCUT2D eigenvalue weighted by Gasteiger charge is -2.15. The van der Waals surface area contributed by atoms with Gasteiger partial charge in [-0.25, -0.2) is 4.39 Å². The third-order valence-electron chi connectivity index (χ3n) is 5.26. The van der Waals surface area contributed by atoms with E-state index in [0.29, 0.717) is 28.8 Å². The van der Waals surface area contributed by atoms with Crippen molar-refractivity contribution >= 4 is 23.4 Å². The average molecular weight is 457 g/mol. The van der Waals surface area contributed by atoms with Crippen molar-refractivity contribution in [2.75, 3.05) is 24.8 Å².